The van der Waals surface area contributed by atoms with E-state index in [4.69, 9.17) is 0 Å². The predicted molar refractivity (Wildman–Crippen MR) is 80.0 cm³/mol. The van der Waals surface area contributed by atoms with Gasteiger partial charge in [0.1, 0.15) is 0 Å². The lowest BCUT2D eigenvalue weighted by atomic mass is 9.71. The van der Waals surface area contributed by atoms with E-state index in [0.717, 1.165) is 31.3 Å². The Balaban J connectivity index is 2.03. The molecule has 0 aliphatic heterocycles. The fourth-order valence-electron chi connectivity index (χ4n) is 4.12. The standard InChI is InChI=1S/C15H29NO2S/c1-4-16-11-15(7-8-19(17,18)12(2)3)10-13-5-6-14(15)9-13/h12-14,16H,4-11H2,1-3H3. The second-order valence-corrected chi connectivity index (χ2v) is 9.57. The summed E-state index contributed by atoms with van der Waals surface area (Å²) < 4.78 is 24.2. The number of hydrogen-bond acceptors (Lipinski definition) is 3. The zero-order valence-corrected chi connectivity index (χ0v) is 13.4. The summed E-state index contributed by atoms with van der Waals surface area (Å²) in [6, 6.07) is 0. The van der Waals surface area contributed by atoms with Crippen LogP contribution in [0.25, 0.3) is 0 Å². The highest BCUT2D eigenvalue weighted by Crippen LogP contribution is 2.57. The van der Waals surface area contributed by atoms with Crippen LogP contribution in [0.3, 0.4) is 0 Å². The summed E-state index contributed by atoms with van der Waals surface area (Å²) in [4.78, 5) is 0. The largest absolute Gasteiger partial charge is 0.316 e. The smallest absolute Gasteiger partial charge is 0.152 e. The van der Waals surface area contributed by atoms with Gasteiger partial charge in [-0.2, -0.15) is 0 Å². The maximum absolute atomic E-state index is 12.1. The molecular weight excluding hydrogens is 258 g/mol. The van der Waals surface area contributed by atoms with E-state index in [9.17, 15) is 8.42 Å². The highest BCUT2D eigenvalue weighted by atomic mass is 32.2. The summed E-state index contributed by atoms with van der Waals surface area (Å²) >= 11 is 0. The lowest BCUT2D eigenvalue weighted by Gasteiger charge is -2.38. The highest BCUT2D eigenvalue weighted by molar-refractivity contribution is 7.91. The number of rotatable bonds is 7. The number of nitrogens with one attached hydrogen (secondary N) is 1. The Hall–Kier alpha value is -0.0900. The van der Waals surface area contributed by atoms with Crippen molar-refractivity contribution in [2.24, 2.45) is 17.3 Å². The molecule has 0 amide bonds. The Morgan fingerprint density at radius 2 is 2.05 bits per heavy atom. The summed E-state index contributed by atoms with van der Waals surface area (Å²) in [5.41, 5.74) is 0.265. The van der Waals surface area contributed by atoms with E-state index in [1.807, 2.05) is 0 Å². The Morgan fingerprint density at radius 3 is 2.53 bits per heavy atom. The van der Waals surface area contributed by atoms with Crippen molar-refractivity contribution in [3.63, 3.8) is 0 Å². The molecule has 3 unspecified atom stereocenters. The molecule has 4 heteroatoms. The SMILES string of the molecule is CCNCC1(CCS(=O)(=O)C(C)C)CC2CCC1C2. The van der Waals surface area contributed by atoms with E-state index in [0.29, 0.717) is 5.75 Å². The third-order valence-corrected chi connectivity index (χ3v) is 7.64. The van der Waals surface area contributed by atoms with Crippen molar-refractivity contribution in [1.82, 2.24) is 5.32 Å². The second kappa shape index (κ2) is 5.72. The average Bonchev–Trinajstić information content (AvgIpc) is 2.95. The van der Waals surface area contributed by atoms with Crippen molar-refractivity contribution in [2.75, 3.05) is 18.8 Å². The normalized spacial score (nSPS) is 34.3. The van der Waals surface area contributed by atoms with Crippen LogP contribution in [0.15, 0.2) is 0 Å². The van der Waals surface area contributed by atoms with Crippen molar-refractivity contribution in [3.05, 3.63) is 0 Å². The second-order valence-electron chi connectivity index (χ2n) is 6.89. The van der Waals surface area contributed by atoms with Gasteiger partial charge in [0.05, 0.1) is 11.0 Å². The summed E-state index contributed by atoms with van der Waals surface area (Å²) in [5, 5.41) is 3.25. The fraction of sp³-hybridized carbons (Fsp3) is 1.00. The minimum absolute atomic E-state index is 0.234. The first kappa shape index (κ1) is 15.3. The van der Waals surface area contributed by atoms with Gasteiger partial charge in [-0.3, -0.25) is 0 Å². The van der Waals surface area contributed by atoms with Gasteiger partial charge in [0.15, 0.2) is 9.84 Å². The topological polar surface area (TPSA) is 46.2 Å². The van der Waals surface area contributed by atoms with Crippen LogP contribution in [0.5, 0.6) is 0 Å². The fourth-order valence-corrected chi connectivity index (χ4v) is 5.29. The van der Waals surface area contributed by atoms with Gasteiger partial charge in [-0.05, 0) is 63.3 Å². The van der Waals surface area contributed by atoms with Gasteiger partial charge in [0.25, 0.3) is 0 Å². The van der Waals surface area contributed by atoms with Gasteiger partial charge < -0.3 is 5.32 Å². The molecule has 2 saturated carbocycles. The van der Waals surface area contributed by atoms with Crippen LogP contribution in [0.2, 0.25) is 0 Å². The van der Waals surface area contributed by atoms with Crippen molar-refractivity contribution in [2.45, 2.75) is 58.1 Å². The van der Waals surface area contributed by atoms with Crippen molar-refractivity contribution < 1.29 is 8.42 Å². The zero-order chi connectivity index (χ0) is 14.1. The third kappa shape index (κ3) is 3.15. The molecule has 3 nitrogen and oxygen atoms in total. The maximum atomic E-state index is 12.1. The van der Waals surface area contributed by atoms with Gasteiger partial charge in [0.2, 0.25) is 0 Å². The van der Waals surface area contributed by atoms with Gasteiger partial charge in [-0.25, -0.2) is 8.42 Å². The monoisotopic (exact) mass is 287 g/mol. The Kier molecular flexibility index (Phi) is 4.61. The lowest BCUT2D eigenvalue weighted by Crippen LogP contribution is -2.40. The van der Waals surface area contributed by atoms with E-state index in [-0.39, 0.29) is 10.7 Å². The van der Waals surface area contributed by atoms with E-state index < -0.39 is 9.84 Å². The Morgan fingerprint density at radius 1 is 1.32 bits per heavy atom. The summed E-state index contributed by atoms with van der Waals surface area (Å²) in [7, 11) is -2.89. The van der Waals surface area contributed by atoms with Crippen LogP contribution in [0.1, 0.15) is 52.9 Å². The molecule has 2 aliphatic carbocycles. The molecule has 0 aromatic carbocycles. The van der Waals surface area contributed by atoms with Gasteiger partial charge in [0, 0.05) is 6.54 Å². The molecule has 0 radical (unpaired) electrons. The minimum Gasteiger partial charge on any atom is -0.316 e. The quantitative estimate of drug-likeness (QED) is 0.783. The molecule has 112 valence electrons. The van der Waals surface area contributed by atoms with Crippen LogP contribution in [-0.2, 0) is 9.84 Å². The summed E-state index contributed by atoms with van der Waals surface area (Å²) in [6.45, 7) is 7.72. The molecule has 19 heavy (non-hydrogen) atoms. The molecule has 1 N–H and O–H groups in total. The van der Waals surface area contributed by atoms with Crippen molar-refractivity contribution in [3.8, 4) is 0 Å². The van der Waals surface area contributed by atoms with E-state index >= 15 is 0 Å². The van der Waals surface area contributed by atoms with Crippen molar-refractivity contribution >= 4 is 9.84 Å². The Bertz CT molecular complexity index is 404. The summed E-state index contributed by atoms with van der Waals surface area (Å²) in [6.07, 6.45) is 6.14. The van der Waals surface area contributed by atoms with E-state index in [1.165, 1.54) is 25.7 Å². The molecule has 2 fully saturated rings. The van der Waals surface area contributed by atoms with Crippen LogP contribution >= 0.6 is 0 Å². The van der Waals surface area contributed by atoms with Crippen molar-refractivity contribution in [1.29, 1.82) is 0 Å². The molecule has 3 atom stereocenters. The zero-order valence-electron chi connectivity index (χ0n) is 12.6. The lowest BCUT2D eigenvalue weighted by molar-refractivity contribution is 0.152. The number of sulfone groups is 1. The molecule has 0 spiro atoms. The molecule has 2 rings (SSSR count). The molecular formula is C15H29NO2S. The number of fused-ring (bicyclic) bond motifs is 2. The van der Waals surface area contributed by atoms with Crippen LogP contribution in [-0.4, -0.2) is 32.5 Å². The van der Waals surface area contributed by atoms with Gasteiger partial charge in [-0.15, -0.1) is 0 Å². The van der Waals surface area contributed by atoms with Crippen LogP contribution < -0.4 is 5.32 Å². The highest BCUT2D eigenvalue weighted by Gasteiger charge is 2.50. The third-order valence-electron chi connectivity index (χ3n) is 5.43. The molecule has 0 heterocycles. The summed E-state index contributed by atoms with van der Waals surface area (Å²) in [5.74, 6) is 2.00. The predicted octanol–water partition coefficient (Wildman–Crippen LogP) is 2.62. The first-order valence-corrected chi connectivity index (χ1v) is 9.53. The van der Waals surface area contributed by atoms with Crippen LogP contribution in [0, 0.1) is 17.3 Å². The molecule has 0 saturated heterocycles. The first-order valence-electron chi connectivity index (χ1n) is 7.82. The minimum atomic E-state index is -2.89. The van der Waals surface area contributed by atoms with Gasteiger partial charge >= 0.3 is 0 Å². The molecule has 0 aromatic heterocycles. The number of hydrogen-bond donors (Lipinski definition) is 1. The van der Waals surface area contributed by atoms with E-state index in [1.54, 1.807) is 13.8 Å². The first-order chi connectivity index (χ1) is 8.89. The molecule has 2 bridgehead atoms. The maximum Gasteiger partial charge on any atom is 0.152 e. The van der Waals surface area contributed by atoms with Crippen LogP contribution in [0.4, 0.5) is 0 Å². The molecule has 2 aliphatic rings. The Labute approximate surface area is 118 Å². The van der Waals surface area contributed by atoms with Gasteiger partial charge in [-0.1, -0.05) is 13.3 Å². The average molecular weight is 287 g/mol. The van der Waals surface area contributed by atoms with E-state index in [2.05, 4.69) is 12.2 Å². The molecule has 0 aromatic rings.